The molecule has 1 aliphatic rings. The quantitative estimate of drug-likeness (QED) is 0.812. The van der Waals surface area contributed by atoms with E-state index in [1.54, 1.807) is 0 Å². The van der Waals surface area contributed by atoms with Crippen LogP contribution in [0.25, 0.3) is 11.0 Å². The van der Waals surface area contributed by atoms with Crippen LogP contribution >= 0.6 is 0 Å². The lowest BCUT2D eigenvalue weighted by Crippen LogP contribution is -2.48. The lowest BCUT2D eigenvalue weighted by Gasteiger charge is -2.32. The maximum atomic E-state index is 12.7. The lowest BCUT2D eigenvalue weighted by molar-refractivity contribution is -0.125. The van der Waals surface area contributed by atoms with Gasteiger partial charge < -0.3 is 14.6 Å². The van der Waals surface area contributed by atoms with E-state index in [4.69, 9.17) is 9.72 Å². The summed E-state index contributed by atoms with van der Waals surface area (Å²) in [5.74, 6) is 1.34. The molecule has 0 aliphatic carbocycles. The summed E-state index contributed by atoms with van der Waals surface area (Å²) in [6.07, 6.45) is 0. The van der Waals surface area contributed by atoms with E-state index in [0.717, 1.165) is 43.2 Å². The second-order valence-corrected chi connectivity index (χ2v) is 7.87. The Morgan fingerprint density at radius 2 is 1.89 bits per heavy atom. The molecule has 0 bridgehead atoms. The monoisotopic (exact) mass is 372 g/mol. The van der Waals surface area contributed by atoms with Crippen molar-refractivity contribution < 1.29 is 9.53 Å². The van der Waals surface area contributed by atoms with Gasteiger partial charge in [-0.15, -0.1) is 0 Å². The Morgan fingerprint density at radius 1 is 1.19 bits per heavy atom. The van der Waals surface area contributed by atoms with E-state index in [2.05, 4.69) is 41.6 Å². The average Bonchev–Trinajstić information content (AvgIpc) is 3.05. The highest BCUT2D eigenvalue weighted by molar-refractivity contribution is 5.79. The normalized spacial score (nSPS) is 18.0. The van der Waals surface area contributed by atoms with Crippen LogP contribution in [0, 0.1) is 5.92 Å². The van der Waals surface area contributed by atoms with Crippen LogP contribution in [-0.2, 0) is 16.1 Å². The molecule has 0 spiro atoms. The van der Waals surface area contributed by atoms with Crippen LogP contribution in [0.1, 0.15) is 39.4 Å². The Kier molecular flexibility index (Phi) is 6.50. The van der Waals surface area contributed by atoms with Crippen LogP contribution in [-0.4, -0.2) is 59.2 Å². The molecular weight excluding hydrogens is 340 g/mol. The van der Waals surface area contributed by atoms with Gasteiger partial charge in [0.15, 0.2) is 0 Å². The van der Waals surface area contributed by atoms with E-state index in [9.17, 15) is 4.79 Å². The predicted octanol–water partition coefficient (Wildman–Crippen LogP) is 2.63. The number of morpholine rings is 1. The van der Waals surface area contributed by atoms with Gasteiger partial charge in [0.05, 0.1) is 30.2 Å². The SMILES string of the molecule is CC(Cn1c(C(C)C)nc2ccccc21)C(=O)NCC(C)N1CCOCC1. The zero-order chi connectivity index (χ0) is 19.4. The first-order valence-corrected chi connectivity index (χ1v) is 10.0. The van der Waals surface area contributed by atoms with Crippen molar-refractivity contribution in [1.82, 2.24) is 19.8 Å². The number of amides is 1. The van der Waals surface area contributed by atoms with E-state index < -0.39 is 0 Å². The van der Waals surface area contributed by atoms with E-state index in [1.165, 1.54) is 0 Å². The fraction of sp³-hybridized carbons (Fsp3) is 0.619. The minimum absolute atomic E-state index is 0.0996. The number of hydrogen-bond donors (Lipinski definition) is 1. The first-order chi connectivity index (χ1) is 13.0. The van der Waals surface area contributed by atoms with Gasteiger partial charge in [-0.1, -0.05) is 32.9 Å². The number of fused-ring (bicyclic) bond motifs is 1. The summed E-state index contributed by atoms with van der Waals surface area (Å²) in [7, 11) is 0. The van der Waals surface area contributed by atoms with Crippen molar-refractivity contribution in [2.45, 2.75) is 46.2 Å². The smallest absolute Gasteiger partial charge is 0.224 e. The number of carbonyl (C=O) groups is 1. The number of benzene rings is 1. The summed E-state index contributed by atoms with van der Waals surface area (Å²) in [6.45, 7) is 13.2. The van der Waals surface area contributed by atoms with Crippen molar-refractivity contribution in [2.75, 3.05) is 32.8 Å². The number of aromatic nitrogens is 2. The van der Waals surface area contributed by atoms with Crippen molar-refractivity contribution in [2.24, 2.45) is 5.92 Å². The van der Waals surface area contributed by atoms with Crippen LogP contribution in [0.3, 0.4) is 0 Å². The largest absolute Gasteiger partial charge is 0.379 e. The summed E-state index contributed by atoms with van der Waals surface area (Å²) in [6, 6.07) is 8.48. The molecule has 2 heterocycles. The number of carbonyl (C=O) groups excluding carboxylic acids is 1. The van der Waals surface area contributed by atoms with Crippen molar-refractivity contribution in [1.29, 1.82) is 0 Å². The van der Waals surface area contributed by atoms with Crippen LogP contribution in [0.2, 0.25) is 0 Å². The highest BCUT2D eigenvalue weighted by Gasteiger charge is 2.21. The fourth-order valence-electron chi connectivity index (χ4n) is 3.65. The molecule has 1 aliphatic heterocycles. The van der Waals surface area contributed by atoms with Gasteiger partial charge in [0.1, 0.15) is 5.82 Å². The average molecular weight is 373 g/mol. The van der Waals surface area contributed by atoms with Crippen molar-refractivity contribution >= 4 is 16.9 Å². The topological polar surface area (TPSA) is 59.4 Å². The molecule has 0 saturated carbocycles. The number of para-hydroxylation sites is 2. The molecule has 6 nitrogen and oxygen atoms in total. The molecule has 6 heteroatoms. The number of rotatable bonds is 7. The van der Waals surface area contributed by atoms with Gasteiger partial charge in [0, 0.05) is 38.1 Å². The molecule has 1 aromatic carbocycles. The van der Waals surface area contributed by atoms with Gasteiger partial charge in [0.25, 0.3) is 0 Å². The van der Waals surface area contributed by atoms with Crippen LogP contribution in [0.5, 0.6) is 0 Å². The van der Waals surface area contributed by atoms with Gasteiger partial charge in [0.2, 0.25) is 5.91 Å². The molecule has 27 heavy (non-hydrogen) atoms. The molecule has 1 aromatic heterocycles. The number of imidazole rings is 1. The minimum atomic E-state index is -0.114. The number of nitrogens with zero attached hydrogens (tertiary/aromatic N) is 3. The number of nitrogens with one attached hydrogen (secondary N) is 1. The standard InChI is InChI=1S/C21H32N4O2/c1-15(2)20-23-18-7-5-6-8-19(18)25(20)14-16(3)21(26)22-13-17(4)24-9-11-27-12-10-24/h5-8,15-17H,9-14H2,1-4H3,(H,22,26). The molecule has 2 unspecified atom stereocenters. The molecule has 1 amide bonds. The molecular formula is C21H32N4O2. The Bertz CT molecular complexity index is 765. The third kappa shape index (κ3) is 4.68. The van der Waals surface area contributed by atoms with E-state index in [1.807, 2.05) is 25.1 Å². The van der Waals surface area contributed by atoms with Crippen molar-refractivity contribution in [3.05, 3.63) is 30.1 Å². The molecule has 0 radical (unpaired) electrons. The fourth-order valence-corrected chi connectivity index (χ4v) is 3.65. The van der Waals surface area contributed by atoms with Crippen LogP contribution in [0.4, 0.5) is 0 Å². The van der Waals surface area contributed by atoms with Crippen LogP contribution in [0.15, 0.2) is 24.3 Å². The van der Waals surface area contributed by atoms with E-state index in [0.29, 0.717) is 25.0 Å². The first-order valence-electron chi connectivity index (χ1n) is 10.0. The summed E-state index contributed by atoms with van der Waals surface area (Å²) >= 11 is 0. The third-order valence-corrected chi connectivity index (χ3v) is 5.35. The molecule has 148 valence electrons. The van der Waals surface area contributed by atoms with Crippen molar-refractivity contribution in [3.63, 3.8) is 0 Å². The molecule has 1 saturated heterocycles. The predicted molar refractivity (Wildman–Crippen MR) is 108 cm³/mol. The highest BCUT2D eigenvalue weighted by Crippen LogP contribution is 2.23. The van der Waals surface area contributed by atoms with Gasteiger partial charge in [-0.2, -0.15) is 0 Å². The second-order valence-electron chi connectivity index (χ2n) is 7.87. The Labute approximate surface area is 161 Å². The van der Waals surface area contributed by atoms with Crippen molar-refractivity contribution in [3.8, 4) is 0 Å². The lowest BCUT2D eigenvalue weighted by atomic mass is 10.1. The summed E-state index contributed by atoms with van der Waals surface area (Å²) in [5.41, 5.74) is 2.09. The number of hydrogen-bond acceptors (Lipinski definition) is 4. The minimum Gasteiger partial charge on any atom is -0.379 e. The summed E-state index contributed by atoms with van der Waals surface area (Å²) in [4.78, 5) is 19.8. The zero-order valence-corrected chi connectivity index (χ0v) is 16.9. The number of ether oxygens (including phenoxy) is 1. The zero-order valence-electron chi connectivity index (χ0n) is 16.9. The molecule has 3 rings (SSSR count). The summed E-state index contributed by atoms with van der Waals surface area (Å²) in [5, 5.41) is 3.13. The highest BCUT2D eigenvalue weighted by atomic mass is 16.5. The van der Waals surface area contributed by atoms with Gasteiger partial charge in [-0.05, 0) is 19.1 Å². The Morgan fingerprint density at radius 3 is 2.59 bits per heavy atom. The Hall–Kier alpha value is -1.92. The Balaban J connectivity index is 1.62. The first kappa shape index (κ1) is 19.8. The van der Waals surface area contributed by atoms with Crippen LogP contribution < -0.4 is 5.32 Å². The van der Waals surface area contributed by atoms with Gasteiger partial charge >= 0.3 is 0 Å². The maximum Gasteiger partial charge on any atom is 0.224 e. The van der Waals surface area contributed by atoms with Gasteiger partial charge in [-0.25, -0.2) is 4.98 Å². The molecule has 1 fully saturated rings. The van der Waals surface area contributed by atoms with E-state index in [-0.39, 0.29) is 11.8 Å². The molecule has 1 N–H and O–H groups in total. The second kappa shape index (κ2) is 8.85. The van der Waals surface area contributed by atoms with E-state index >= 15 is 0 Å². The summed E-state index contributed by atoms with van der Waals surface area (Å²) < 4.78 is 7.60. The third-order valence-electron chi connectivity index (χ3n) is 5.35. The maximum absolute atomic E-state index is 12.7. The molecule has 2 aromatic rings. The van der Waals surface area contributed by atoms with Gasteiger partial charge in [-0.3, -0.25) is 9.69 Å². The molecule has 2 atom stereocenters.